The van der Waals surface area contributed by atoms with Crippen LogP contribution >= 0.6 is 0 Å². The molecule has 0 unspecified atom stereocenters. The van der Waals surface area contributed by atoms with E-state index in [0.717, 1.165) is 6.42 Å². The lowest BCUT2D eigenvalue weighted by molar-refractivity contribution is -0.139. The van der Waals surface area contributed by atoms with Gasteiger partial charge in [0.15, 0.2) is 0 Å². The Morgan fingerprint density at radius 3 is 2.25 bits per heavy atom. The molecule has 0 heterocycles. The van der Waals surface area contributed by atoms with Crippen LogP contribution in [0.4, 0.5) is 10.5 Å². The Morgan fingerprint density at radius 2 is 1.80 bits per heavy atom. The number of carbonyl (C=O) groups is 2. The fraction of sp³-hybridized carbons (Fsp3) is 0.467. The van der Waals surface area contributed by atoms with E-state index in [1.165, 1.54) is 5.56 Å². The molecule has 0 aliphatic heterocycles. The molecule has 5 nitrogen and oxygen atoms in total. The average Bonchev–Trinajstić information content (AvgIpc) is 2.38. The maximum Gasteiger partial charge on any atom is 0.326 e. The molecule has 1 aromatic carbocycles. The number of anilines is 1. The van der Waals surface area contributed by atoms with Crippen molar-refractivity contribution in [1.82, 2.24) is 5.32 Å². The summed E-state index contributed by atoms with van der Waals surface area (Å²) in [6, 6.07) is 6.09. The minimum atomic E-state index is -1.02. The Kier molecular flexibility index (Phi) is 6.03. The zero-order valence-corrected chi connectivity index (χ0v) is 12.1. The van der Waals surface area contributed by atoms with Gasteiger partial charge in [0.05, 0.1) is 0 Å². The highest BCUT2D eigenvalue weighted by atomic mass is 16.4. The lowest BCUT2D eigenvalue weighted by atomic mass is 10.0. The Labute approximate surface area is 119 Å². The van der Waals surface area contributed by atoms with Crippen LogP contribution in [-0.2, 0) is 11.2 Å². The number of carboxylic acids is 1. The summed E-state index contributed by atoms with van der Waals surface area (Å²) in [6.45, 7) is 5.89. The largest absolute Gasteiger partial charge is 0.480 e. The molecule has 0 aromatic heterocycles. The fourth-order valence-corrected chi connectivity index (χ4v) is 1.84. The van der Waals surface area contributed by atoms with Crippen molar-refractivity contribution >= 4 is 17.7 Å². The molecule has 0 bridgehead atoms. The van der Waals surface area contributed by atoms with Gasteiger partial charge < -0.3 is 15.7 Å². The lowest BCUT2D eigenvalue weighted by Gasteiger charge is -2.17. The van der Waals surface area contributed by atoms with E-state index in [9.17, 15) is 9.59 Å². The Bertz CT molecular complexity index is 455. The van der Waals surface area contributed by atoms with Crippen molar-refractivity contribution in [2.45, 2.75) is 39.7 Å². The summed E-state index contributed by atoms with van der Waals surface area (Å²) in [5, 5.41) is 14.2. The molecule has 3 N–H and O–H groups in total. The lowest BCUT2D eigenvalue weighted by Crippen LogP contribution is -2.43. The molecule has 0 fully saturated rings. The summed E-state index contributed by atoms with van der Waals surface area (Å²) >= 11 is 0. The number of urea groups is 1. The van der Waals surface area contributed by atoms with Crippen molar-refractivity contribution in [2.24, 2.45) is 5.92 Å². The third kappa shape index (κ3) is 5.30. The monoisotopic (exact) mass is 278 g/mol. The molecule has 1 aromatic rings. The second-order valence-corrected chi connectivity index (χ2v) is 5.17. The molecule has 110 valence electrons. The van der Waals surface area contributed by atoms with E-state index < -0.39 is 18.0 Å². The predicted octanol–water partition coefficient (Wildman–Crippen LogP) is 2.87. The van der Waals surface area contributed by atoms with Crippen LogP contribution in [0.5, 0.6) is 0 Å². The molecule has 5 heteroatoms. The number of carboxylic acid groups (broad SMARTS) is 1. The first-order valence-electron chi connectivity index (χ1n) is 6.81. The van der Waals surface area contributed by atoms with E-state index in [2.05, 4.69) is 17.6 Å². The molecule has 1 atom stereocenters. The van der Waals surface area contributed by atoms with Gasteiger partial charge in [-0.1, -0.05) is 32.9 Å². The summed E-state index contributed by atoms with van der Waals surface area (Å²) in [5.74, 6) is -0.824. The second kappa shape index (κ2) is 7.53. The number of rotatable bonds is 6. The molecular weight excluding hydrogens is 256 g/mol. The van der Waals surface area contributed by atoms with Crippen molar-refractivity contribution in [3.8, 4) is 0 Å². The quantitative estimate of drug-likeness (QED) is 0.748. The van der Waals surface area contributed by atoms with Gasteiger partial charge in [0, 0.05) is 5.69 Å². The molecule has 0 aliphatic carbocycles. The van der Waals surface area contributed by atoms with E-state index in [1.807, 2.05) is 26.0 Å². The van der Waals surface area contributed by atoms with Crippen molar-refractivity contribution < 1.29 is 14.7 Å². The number of amides is 2. The van der Waals surface area contributed by atoms with E-state index in [-0.39, 0.29) is 5.92 Å². The fourth-order valence-electron chi connectivity index (χ4n) is 1.84. The molecule has 1 rings (SSSR count). The van der Waals surface area contributed by atoms with Crippen LogP contribution in [0.1, 0.15) is 32.8 Å². The molecular formula is C15H22N2O3. The minimum absolute atomic E-state index is 0.195. The predicted molar refractivity (Wildman–Crippen MR) is 78.9 cm³/mol. The Morgan fingerprint density at radius 1 is 1.20 bits per heavy atom. The first-order chi connectivity index (χ1) is 9.42. The number of hydrogen-bond donors (Lipinski definition) is 3. The number of aryl methyl sites for hydroxylation is 1. The van der Waals surface area contributed by atoms with Crippen LogP contribution < -0.4 is 10.6 Å². The van der Waals surface area contributed by atoms with E-state index >= 15 is 0 Å². The summed E-state index contributed by atoms with van der Waals surface area (Å²) in [7, 11) is 0. The highest BCUT2D eigenvalue weighted by molar-refractivity contribution is 5.92. The molecule has 0 saturated heterocycles. The minimum Gasteiger partial charge on any atom is -0.480 e. The number of benzene rings is 1. The number of nitrogens with one attached hydrogen (secondary N) is 2. The normalized spacial score (nSPS) is 12.0. The maximum atomic E-state index is 11.8. The van der Waals surface area contributed by atoms with Crippen molar-refractivity contribution in [2.75, 3.05) is 5.32 Å². The SMILES string of the molecule is CCc1ccc(NC(=O)N[C@@H](CC(C)C)C(=O)O)cc1. The highest BCUT2D eigenvalue weighted by Gasteiger charge is 2.20. The first-order valence-corrected chi connectivity index (χ1v) is 6.81. The van der Waals surface area contributed by atoms with E-state index in [1.54, 1.807) is 12.1 Å². The van der Waals surface area contributed by atoms with Gasteiger partial charge in [-0.05, 0) is 36.5 Å². The van der Waals surface area contributed by atoms with Gasteiger partial charge in [0.1, 0.15) is 6.04 Å². The molecule has 0 radical (unpaired) electrons. The van der Waals surface area contributed by atoms with Gasteiger partial charge in [0.2, 0.25) is 0 Å². The summed E-state index contributed by atoms with van der Waals surface area (Å²) in [5.41, 5.74) is 1.83. The number of aliphatic carboxylic acids is 1. The number of hydrogen-bond acceptors (Lipinski definition) is 2. The van der Waals surface area contributed by atoms with Gasteiger partial charge in [-0.25, -0.2) is 9.59 Å². The molecule has 0 spiro atoms. The van der Waals surface area contributed by atoms with Crippen LogP contribution in [0, 0.1) is 5.92 Å². The van der Waals surface area contributed by atoms with Gasteiger partial charge in [-0.15, -0.1) is 0 Å². The average molecular weight is 278 g/mol. The topological polar surface area (TPSA) is 78.4 Å². The smallest absolute Gasteiger partial charge is 0.326 e. The van der Waals surface area contributed by atoms with Gasteiger partial charge in [0.25, 0.3) is 0 Å². The summed E-state index contributed by atoms with van der Waals surface area (Å²) in [6.07, 6.45) is 1.33. The number of carbonyl (C=O) groups excluding carboxylic acids is 1. The van der Waals surface area contributed by atoms with Gasteiger partial charge in [-0.2, -0.15) is 0 Å². The molecule has 0 aliphatic rings. The third-order valence-electron chi connectivity index (χ3n) is 2.93. The van der Waals surface area contributed by atoms with E-state index in [4.69, 9.17) is 5.11 Å². The zero-order chi connectivity index (χ0) is 15.1. The Hall–Kier alpha value is -2.04. The first kappa shape index (κ1) is 16.0. The van der Waals surface area contributed by atoms with Crippen LogP contribution in [-0.4, -0.2) is 23.1 Å². The summed E-state index contributed by atoms with van der Waals surface area (Å²) < 4.78 is 0. The Balaban J connectivity index is 2.58. The van der Waals surface area contributed by atoms with Crippen LogP contribution in [0.15, 0.2) is 24.3 Å². The van der Waals surface area contributed by atoms with Crippen molar-refractivity contribution in [1.29, 1.82) is 0 Å². The van der Waals surface area contributed by atoms with Crippen LogP contribution in [0.25, 0.3) is 0 Å². The molecule has 20 heavy (non-hydrogen) atoms. The molecule has 0 saturated carbocycles. The second-order valence-electron chi connectivity index (χ2n) is 5.17. The van der Waals surface area contributed by atoms with Crippen molar-refractivity contribution in [3.63, 3.8) is 0 Å². The van der Waals surface area contributed by atoms with Crippen LogP contribution in [0.3, 0.4) is 0 Å². The zero-order valence-electron chi connectivity index (χ0n) is 12.1. The molecule has 2 amide bonds. The van der Waals surface area contributed by atoms with Crippen molar-refractivity contribution in [3.05, 3.63) is 29.8 Å². The van der Waals surface area contributed by atoms with Crippen LogP contribution in [0.2, 0.25) is 0 Å². The highest BCUT2D eigenvalue weighted by Crippen LogP contribution is 2.10. The maximum absolute atomic E-state index is 11.8. The standard InChI is InChI=1S/C15H22N2O3/c1-4-11-5-7-12(8-6-11)16-15(20)17-13(14(18)19)9-10(2)3/h5-8,10,13H,4,9H2,1-3H3,(H,18,19)(H2,16,17,20)/t13-/m0/s1. The van der Waals surface area contributed by atoms with Gasteiger partial charge in [-0.3, -0.25) is 0 Å². The third-order valence-corrected chi connectivity index (χ3v) is 2.93. The summed E-state index contributed by atoms with van der Waals surface area (Å²) in [4.78, 5) is 22.8. The van der Waals surface area contributed by atoms with E-state index in [0.29, 0.717) is 12.1 Å². The van der Waals surface area contributed by atoms with Gasteiger partial charge >= 0.3 is 12.0 Å².